The standard InChI is InChI=1S/C15H20N4O2/c1-4-10-16-14-17-13(18-15(19-14)21-5-2)11-6-8-12(20-3)9-7-11/h6-9H,4-5,10H2,1-3H3,(H,16,17,18,19). The van der Waals surface area contributed by atoms with Crippen molar-refractivity contribution < 1.29 is 9.47 Å². The van der Waals surface area contributed by atoms with Crippen LogP contribution in [0.3, 0.4) is 0 Å². The van der Waals surface area contributed by atoms with Gasteiger partial charge in [-0.2, -0.15) is 15.0 Å². The summed E-state index contributed by atoms with van der Waals surface area (Å²) in [4.78, 5) is 13.0. The van der Waals surface area contributed by atoms with E-state index in [1.165, 1.54) is 0 Å². The molecule has 21 heavy (non-hydrogen) atoms. The fraction of sp³-hybridized carbons (Fsp3) is 0.400. The van der Waals surface area contributed by atoms with E-state index in [-0.39, 0.29) is 0 Å². The van der Waals surface area contributed by atoms with Gasteiger partial charge in [-0.3, -0.25) is 0 Å². The Hall–Kier alpha value is -2.37. The topological polar surface area (TPSA) is 69.2 Å². The van der Waals surface area contributed by atoms with E-state index in [2.05, 4.69) is 27.2 Å². The molecular weight excluding hydrogens is 268 g/mol. The van der Waals surface area contributed by atoms with Crippen molar-refractivity contribution in [2.45, 2.75) is 20.3 Å². The third-order valence-electron chi connectivity index (χ3n) is 2.77. The normalized spacial score (nSPS) is 10.2. The van der Waals surface area contributed by atoms with Gasteiger partial charge in [0.2, 0.25) is 5.95 Å². The molecule has 0 saturated heterocycles. The average Bonchev–Trinajstić information content (AvgIpc) is 2.53. The number of hydrogen-bond acceptors (Lipinski definition) is 6. The van der Waals surface area contributed by atoms with Crippen LogP contribution in [0.2, 0.25) is 0 Å². The second-order valence-corrected chi connectivity index (χ2v) is 4.35. The van der Waals surface area contributed by atoms with Crippen molar-refractivity contribution >= 4 is 5.95 Å². The summed E-state index contributed by atoms with van der Waals surface area (Å²) >= 11 is 0. The van der Waals surface area contributed by atoms with E-state index in [1.807, 2.05) is 31.2 Å². The Morgan fingerprint density at radius 3 is 2.43 bits per heavy atom. The lowest BCUT2D eigenvalue weighted by Gasteiger charge is -2.09. The van der Waals surface area contributed by atoms with Crippen molar-refractivity contribution in [1.29, 1.82) is 0 Å². The van der Waals surface area contributed by atoms with Gasteiger partial charge in [-0.1, -0.05) is 6.92 Å². The Balaban J connectivity index is 2.32. The first kappa shape index (κ1) is 15.0. The van der Waals surface area contributed by atoms with E-state index >= 15 is 0 Å². The van der Waals surface area contributed by atoms with Gasteiger partial charge in [-0.25, -0.2) is 0 Å². The molecule has 1 heterocycles. The van der Waals surface area contributed by atoms with Crippen LogP contribution in [-0.4, -0.2) is 35.2 Å². The molecule has 0 unspecified atom stereocenters. The number of rotatable bonds is 7. The van der Waals surface area contributed by atoms with Crippen LogP contribution < -0.4 is 14.8 Å². The van der Waals surface area contributed by atoms with Crippen molar-refractivity contribution in [2.75, 3.05) is 25.6 Å². The van der Waals surface area contributed by atoms with Gasteiger partial charge in [-0.05, 0) is 37.6 Å². The molecule has 6 nitrogen and oxygen atoms in total. The monoisotopic (exact) mass is 288 g/mol. The van der Waals surface area contributed by atoms with Crippen molar-refractivity contribution in [3.63, 3.8) is 0 Å². The summed E-state index contributed by atoms with van der Waals surface area (Å²) in [5.41, 5.74) is 0.888. The van der Waals surface area contributed by atoms with Crippen LogP contribution in [0, 0.1) is 0 Å². The van der Waals surface area contributed by atoms with Crippen LogP contribution >= 0.6 is 0 Å². The zero-order valence-electron chi connectivity index (χ0n) is 12.6. The van der Waals surface area contributed by atoms with Crippen LogP contribution in [-0.2, 0) is 0 Å². The largest absolute Gasteiger partial charge is 0.497 e. The molecule has 0 aliphatic heterocycles. The van der Waals surface area contributed by atoms with E-state index in [4.69, 9.17) is 9.47 Å². The maximum Gasteiger partial charge on any atom is 0.321 e. The molecule has 0 aliphatic carbocycles. The number of aromatic nitrogens is 3. The minimum absolute atomic E-state index is 0.330. The summed E-state index contributed by atoms with van der Waals surface area (Å²) in [5, 5.41) is 3.16. The summed E-state index contributed by atoms with van der Waals surface area (Å²) in [6, 6.07) is 7.90. The Labute approximate surface area is 124 Å². The molecule has 0 saturated carbocycles. The first-order valence-corrected chi connectivity index (χ1v) is 7.04. The SMILES string of the molecule is CCCNc1nc(OCC)nc(-c2ccc(OC)cc2)n1. The molecule has 6 heteroatoms. The van der Waals surface area contributed by atoms with Gasteiger partial charge >= 0.3 is 6.01 Å². The number of nitrogens with one attached hydrogen (secondary N) is 1. The van der Waals surface area contributed by atoms with Crippen molar-refractivity contribution in [3.05, 3.63) is 24.3 Å². The van der Waals surface area contributed by atoms with Crippen molar-refractivity contribution in [1.82, 2.24) is 15.0 Å². The Bertz CT molecular complexity index is 572. The molecule has 1 N–H and O–H groups in total. The minimum Gasteiger partial charge on any atom is -0.497 e. The predicted octanol–water partition coefficient (Wildman–Crippen LogP) is 2.77. The fourth-order valence-corrected chi connectivity index (χ4v) is 1.74. The molecular formula is C15H20N4O2. The highest BCUT2D eigenvalue weighted by atomic mass is 16.5. The molecule has 0 bridgehead atoms. The van der Waals surface area contributed by atoms with Gasteiger partial charge in [0, 0.05) is 12.1 Å². The van der Waals surface area contributed by atoms with Crippen LogP contribution in [0.1, 0.15) is 20.3 Å². The summed E-state index contributed by atoms with van der Waals surface area (Å²) in [5.74, 6) is 1.90. The van der Waals surface area contributed by atoms with E-state index < -0.39 is 0 Å². The summed E-state index contributed by atoms with van der Waals surface area (Å²) in [6.45, 7) is 5.30. The molecule has 0 radical (unpaired) electrons. The summed E-state index contributed by atoms with van der Waals surface area (Å²) < 4.78 is 10.6. The predicted molar refractivity (Wildman–Crippen MR) is 81.8 cm³/mol. The third-order valence-corrected chi connectivity index (χ3v) is 2.77. The fourth-order valence-electron chi connectivity index (χ4n) is 1.74. The lowest BCUT2D eigenvalue weighted by atomic mass is 10.2. The molecule has 0 fully saturated rings. The molecule has 1 aromatic carbocycles. The summed E-state index contributed by atoms with van der Waals surface area (Å²) in [6.07, 6.45) is 0.994. The average molecular weight is 288 g/mol. The Kier molecular flexibility index (Phi) is 5.31. The number of hydrogen-bond donors (Lipinski definition) is 1. The number of nitrogens with zero attached hydrogens (tertiary/aromatic N) is 3. The highest BCUT2D eigenvalue weighted by Crippen LogP contribution is 2.21. The maximum absolute atomic E-state index is 5.41. The summed E-state index contributed by atoms with van der Waals surface area (Å²) in [7, 11) is 1.64. The quantitative estimate of drug-likeness (QED) is 0.845. The van der Waals surface area contributed by atoms with E-state index in [0.29, 0.717) is 24.4 Å². The molecule has 0 amide bonds. The second kappa shape index (κ2) is 7.42. The van der Waals surface area contributed by atoms with E-state index in [0.717, 1.165) is 24.3 Å². The van der Waals surface area contributed by atoms with Crippen molar-refractivity contribution in [2.24, 2.45) is 0 Å². The first-order valence-electron chi connectivity index (χ1n) is 7.04. The Morgan fingerprint density at radius 1 is 1.05 bits per heavy atom. The van der Waals surface area contributed by atoms with Crippen LogP contribution in [0.15, 0.2) is 24.3 Å². The number of benzene rings is 1. The molecule has 112 valence electrons. The molecule has 2 aromatic rings. The molecule has 2 rings (SSSR count). The number of methoxy groups -OCH3 is 1. The van der Waals surface area contributed by atoms with Gasteiger partial charge in [0.05, 0.1) is 13.7 Å². The molecule has 1 aromatic heterocycles. The Morgan fingerprint density at radius 2 is 1.81 bits per heavy atom. The lowest BCUT2D eigenvalue weighted by molar-refractivity contribution is 0.312. The van der Waals surface area contributed by atoms with Gasteiger partial charge in [0.1, 0.15) is 5.75 Å². The second-order valence-electron chi connectivity index (χ2n) is 4.35. The zero-order chi connectivity index (χ0) is 15.1. The van der Waals surface area contributed by atoms with Gasteiger partial charge in [0.15, 0.2) is 5.82 Å². The third kappa shape index (κ3) is 4.05. The molecule has 0 spiro atoms. The van der Waals surface area contributed by atoms with Crippen LogP contribution in [0.4, 0.5) is 5.95 Å². The smallest absolute Gasteiger partial charge is 0.321 e. The highest BCUT2D eigenvalue weighted by Gasteiger charge is 2.09. The number of ether oxygens (including phenoxy) is 2. The minimum atomic E-state index is 0.330. The highest BCUT2D eigenvalue weighted by molar-refractivity contribution is 5.57. The number of anilines is 1. The molecule has 0 aliphatic rings. The van der Waals surface area contributed by atoms with Gasteiger partial charge in [-0.15, -0.1) is 0 Å². The molecule has 0 atom stereocenters. The van der Waals surface area contributed by atoms with Crippen LogP contribution in [0.5, 0.6) is 11.8 Å². The maximum atomic E-state index is 5.41. The van der Waals surface area contributed by atoms with Crippen LogP contribution in [0.25, 0.3) is 11.4 Å². The van der Waals surface area contributed by atoms with Gasteiger partial charge in [0.25, 0.3) is 0 Å². The first-order chi connectivity index (χ1) is 10.3. The van der Waals surface area contributed by atoms with E-state index in [1.54, 1.807) is 7.11 Å². The van der Waals surface area contributed by atoms with E-state index in [9.17, 15) is 0 Å². The zero-order valence-corrected chi connectivity index (χ0v) is 12.6. The van der Waals surface area contributed by atoms with Crippen molar-refractivity contribution in [3.8, 4) is 23.1 Å². The van der Waals surface area contributed by atoms with Gasteiger partial charge < -0.3 is 14.8 Å². The lowest BCUT2D eigenvalue weighted by Crippen LogP contribution is -2.08.